The van der Waals surface area contributed by atoms with Gasteiger partial charge in [0.1, 0.15) is 0 Å². The van der Waals surface area contributed by atoms with E-state index in [4.69, 9.17) is 0 Å². The lowest BCUT2D eigenvalue weighted by molar-refractivity contribution is -0.386. The Morgan fingerprint density at radius 3 is 2.33 bits per heavy atom. The summed E-state index contributed by atoms with van der Waals surface area (Å²) in [4.78, 5) is 10.1. The fourth-order valence-electron chi connectivity index (χ4n) is 1.64. The van der Waals surface area contributed by atoms with E-state index in [-0.39, 0.29) is 5.69 Å². The molecule has 0 aromatic heterocycles. The average Bonchev–Trinajstić information content (AvgIpc) is 2.20. The van der Waals surface area contributed by atoms with Crippen LogP contribution in [0.25, 0.3) is 0 Å². The Labute approximate surface area is 87.1 Å². The fourth-order valence-corrected chi connectivity index (χ4v) is 1.64. The second-order valence-corrected chi connectivity index (χ2v) is 3.19. The third-order valence-corrected chi connectivity index (χ3v) is 2.37. The third kappa shape index (κ3) is 1.86. The topological polar surface area (TPSA) is 83.6 Å². The van der Waals surface area contributed by atoms with Crippen molar-refractivity contribution in [1.82, 2.24) is 0 Å². The Balaban J connectivity index is 3.56. The summed E-state index contributed by atoms with van der Waals surface area (Å²) >= 11 is 0. The monoisotopic (exact) mass is 211 g/mol. The number of hydrogen-bond donors (Lipinski definition) is 2. The van der Waals surface area contributed by atoms with E-state index in [1.807, 2.05) is 6.92 Å². The fraction of sp³-hybridized carbons (Fsp3) is 0.400. The number of nitrogens with zero attached hydrogens (tertiary/aromatic N) is 1. The third-order valence-electron chi connectivity index (χ3n) is 2.37. The van der Waals surface area contributed by atoms with E-state index in [1.165, 1.54) is 6.07 Å². The van der Waals surface area contributed by atoms with Crippen molar-refractivity contribution in [3.8, 4) is 11.5 Å². The molecule has 0 aliphatic heterocycles. The summed E-state index contributed by atoms with van der Waals surface area (Å²) in [7, 11) is 0. The van der Waals surface area contributed by atoms with Crippen LogP contribution in [0.15, 0.2) is 6.07 Å². The molecule has 82 valence electrons. The standard InChI is InChI=1S/C10H13NO4/c1-3-6-5-8(12)10(13)9(11(14)15)7(6)4-2/h5,12-13H,3-4H2,1-2H3. The molecule has 0 heterocycles. The normalized spacial score (nSPS) is 10.3. The highest BCUT2D eigenvalue weighted by atomic mass is 16.6. The van der Waals surface area contributed by atoms with Crippen molar-refractivity contribution in [2.24, 2.45) is 0 Å². The summed E-state index contributed by atoms with van der Waals surface area (Å²) in [5.74, 6) is -1.08. The van der Waals surface area contributed by atoms with Gasteiger partial charge in [0, 0.05) is 5.56 Å². The minimum Gasteiger partial charge on any atom is -0.504 e. The zero-order chi connectivity index (χ0) is 11.6. The van der Waals surface area contributed by atoms with Crippen LogP contribution >= 0.6 is 0 Å². The van der Waals surface area contributed by atoms with Gasteiger partial charge in [-0.3, -0.25) is 10.1 Å². The van der Waals surface area contributed by atoms with Gasteiger partial charge in [0.05, 0.1) is 4.92 Å². The maximum Gasteiger partial charge on any atom is 0.318 e. The van der Waals surface area contributed by atoms with Gasteiger partial charge in [0.15, 0.2) is 5.75 Å². The smallest absolute Gasteiger partial charge is 0.318 e. The molecule has 0 saturated heterocycles. The Bertz CT molecular complexity index is 401. The molecule has 5 heteroatoms. The number of phenols is 2. The van der Waals surface area contributed by atoms with Gasteiger partial charge in [-0.2, -0.15) is 0 Å². The first-order valence-electron chi connectivity index (χ1n) is 4.73. The van der Waals surface area contributed by atoms with Crippen LogP contribution in [-0.4, -0.2) is 15.1 Å². The molecule has 15 heavy (non-hydrogen) atoms. The Kier molecular flexibility index (Phi) is 3.14. The average molecular weight is 211 g/mol. The van der Waals surface area contributed by atoms with E-state index in [1.54, 1.807) is 6.92 Å². The highest BCUT2D eigenvalue weighted by molar-refractivity contribution is 5.62. The van der Waals surface area contributed by atoms with E-state index < -0.39 is 16.4 Å². The number of phenolic OH excluding ortho intramolecular Hbond substituents is 2. The summed E-state index contributed by atoms with van der Waals surface area (Å²) in [6.07, 6.45) is 1.03. The second-order valence-electron chi connectivity index (χ2n) is 3.19. The molecule has 0 radical (unpaired) electrons. The molecule has 0 unspecified atom stereocenters. The molecule has 1 aromatic rings. The number of nitro benzene ring substituents is 1. The first-order valence-corrected chi connectivity index (χ1v) is 4.73. The van der Waals surface area contributed by atoms with E-state index in [2.05, 4.69) is 0 Å². The zero-order valence-electron chi connectivity index (χ0n) is 8.65. The van der Waals surface area contributed by atoms with Crippen molar-refractivity contribution in [2.75, 3.05) is 0 Å². The van der Waals surface area contributed by atoms with E-state index in [0.29, 0.717) is 24.0 Å². The number of aromatic hydroxyl groups is 2. The highest BCUT2D eigenvalue weighted by Gasteiger charge is 2.24. The molecule has 1 aromatic carbocycles. The van der Waals surface area contributed by atoms with Crippen LogP contribution in [0.4, 0.5) is 5.69 Å². The van der Waals surface area contributed by atoms with Crippen LogP contribution < -0.4 is 0 Å². The summed E-state index contributed by atoms with van der Waals surface area (Å²) in [6.45, 7) is 3.62. The lowest BCUT2D eigenvalue weighted by atomic mass is 10.00. The van der Waals surface area contributed by atoms with Crippen LogP contribution in [0.3, 0.4) is 0 Å². The van der Waals surface area contributed by atoms with Crippen LogP contribution in [0, 0.1) is 10.1 Å². The molecular weight excluding hydrogens is 198 g/mol. The molecule has 0 spiro atoms. The summed E-state index contributed by atoms with van der Waals surface area (Å²) in [5, 5.41) is 29.5. The van der Waals surface area contributed by atoms with E-state index >= 15 is 0 Å². The minimum atomic E-state index is -0.660. The first-order chi connectivity index (χ1) is 7.02. The van der Waals surface area contributed by atoms with Crippen molar-refractivity contribution in [3.63, 3.8) is 0 Å². The number of hydrogen-bond acceptors (Lipinski definition) is 4. The molecule has 0 bridgehead atoms. The predicted octanol–water partition coefficient (Wildman–Crippen LogP) is 2.13. The Morgan fingerprint density at radius 1 is 1.33 bits per heavy atom. The van der Waals surface area contributed by atoms with Gasteiger partial charge in [-0.25, -0.2) is 0 Å². The lowest BCUT2D eigenvalue weighted by Crippen LogP contribution is -1.99. The molecule has 0 atom stereocenters. The van der Waals surface area contributed by atoms with Crippen molar-refractivity contribution in [2.45, 2.75) is 26.7 Å². The van der Waals surface area contributed by atoms with Gasteiger partial charge in [-0.15, -0.1) is 0 Å². The van der Waals surface area contributed by atoms with Gasteiger partial charge in [-0.1, -0.05) is 13.8 Å². The highest BCUT2D eigenvalue weighted by Crippen LogP contribution is 2.40. The maximum absolute atomic E-state index is 10.8. The number of rotatable bonds is 3. The van der Waals surface area contributed by atoms with Gasteiger partial charge in [0.25, 0.3) is 0 Å². The molecule has 2 N–H and O–H groups in total. The molecule has 0 aliphatic rings. The molecule has 0 amide bonds. The van der Waals surface area contributed by atoms with Crippen LogP contribution in [0.2, 0.25) is 0 Å². The molecule has 1 rings (SSSR count). The molecule has 0 aliphatic carbocycles. The number of benzene rings is 1. The molecular formula is C10H13NO4. The van der Waals surface area contributed by atoms with Gasteiger partial charge in [0.2, 0.25) is 5.75 Å². The van der Waals surface area contributed by atoms with Crippen molar-refractivity contribution in [1.29, 1.82) is 0 Å². The van der Waals surface area contributed by atoms with Crippen molar-refractivity contribution < 1.29 is 15.1 Å². The lowest BCUT2D eigenvalue weighted by Gasteiger charge is -2.09. The van der Waals surface area contributed by atoms with Crippen molar-refractivity contribution in [3.05, 3.63) is 27.3 Å². The molecule has 0 fully saturated rings. The summed E-state index contributed by atoms with van der Waals surface area (Å²) < 4.78 is 0. The molecule has 5 nitrogen and oxygen atoms in total. The second kappa shape index (κ2) is 4.16. The quantitative estimate of drug-likeness (QED) is 0.455. The van der Waals surface area contributed by atoms with Crippen LogP contribution in [-0.2, 0) is 12.8 Å². The van der Waals surface area contributed by atoms with Gasteiger partial charge in [-0.05, 0) is 24.5 Å². The summed E-state index contributed by atoms with van der Waals surface area (Å²) in [5.41, 5.74) is 0.798. The Hall–Kier alpha value is -1.78. The van der Waals surface area contributed by atoms with Gasteiger partial charge >= 0.3 is 5.69 Å². The van der Waals surface area contributed by atoms with Crippen molar-refractivity contribution >= 4 is 5.69 Å². The maximum atomic E-state index is 10.8. The first kappa shape index (κ1) is 11.3. The minimum absolute atomic E-state index is 0.380. The van der Waals surface area contributed by atoms with Crippen LogP contribution in [0.1, 0.15) is 25.0 Å². The van der Waals surface area contributed by atoms with E-state index in [0.717, 1.165) is 0 Å². The number of nitro groups is 1. The van der Waals surface area contributed by atoms with Gasteiger partial charge < -0.3 is 10.2 Å². The summed E-state index contributed by atoms with van der Waals surface area (Å²) in [6, 6.07) is 1.38. The van der Waals surface area contributed by atoms with E-state index in [9.17, 15) is 20.3 Å². The number of aryl methyl sites for hydroxylation is 1. The molecule has 0 saturated carbocycles. The zero-order valence-corrected chi connectivity index (χ0v) is 8.65. The van der Waals surface area contributed by atoms with Crippen LogP contribution in [0.5, 0.6) is 11.5 Å². The SMILES string of the molecule is CCc1cc(O)c(O)c([N+](=O)[O-])c1CC. The largest absolute Gasteiger partial charge is 0.504 e. The Morgan fingerprint density at radius 2 is 1.93 bits per heavy atom. The predicted molar refractivity (Wildman–Crippen MR) is 55.2 cm³/mol.